The van der Waals surface area contributed by atoms with Crippen molar-refractivity contribution in [1.82, 2.24) is 9.13 Å². The van der Waals surface area contributed by atoms with E-state index in [1.165, 1.54) is 75.9 Å². The lowest BCUT2D eigenvalue weighted by Crippen LogP contribution is -2.11. The van der Waals surface area contributed by atoms with Crippen LogP contribution in [0.25, 0.3) is 87.3 Å². The molecule has 318 valence electrons. The highest BCUT2D eigenvalue weighted by Gasteiger charge is 2.22. The van der Waals surface area contributed by atoms with Crippen LogP contribution in [0.3, 0.4) is 0 Å². The molecule has 0 aliphatic heterocycles. The van der Waals surface area contributed by atoms with E-state index >= 15 is 0 Å². The fourth-order valence-corrected chi connectivity index (χ4v) is 11.1. The first-order valence-electron chi connectivity index (χ1n) is 23.3. The number of hydrogen-bond donors (Lipinski definition) is 0. The molecule has 14 rings (SSSR count). The predicted octanol–water partition coefficient (Wildman–Crippen LogP) is 17.7. The van der Waals surface area contributed by atoms with E-state index < -0.39 is 0 Å². The quantitative estimate of drug-likeness (QED) is 0.142. The lowest BCUT2D eigenvalue weighted by atomic mass is 9.92. The normalized spacial score (nSPS) is 11.8. The number of hydrogen-bond acceptors (Lipinski definition) is 2. The van der Waals surface area contributed by atoms with Crippen LogP contribution in [0, 0.1) is 0 Å². The zero-order valence-electron chi connectivity index (χ0n) is 37.0. The highest BCUT2D eigenvalue weighted by molar-refractivity contribution is 6.26. The summed E-state index contributed by atoms with van der Waals surface area (Å²) in [4.78, 5) is 4.83. The molecule has 0 N–H and O–H groups in total. The molecule has 0 bridgehead atoms. The molecule has 12 aromatic carbocycles. The Morgan fingerprint density at radius 3 is 1.15 bits per heavy atom. The molecule has 0 spiro atoms. The standard InChI is InChI=1S/C64H42N4/c1-3-17-46(18-4-1)65(48-21-15-23-50(41-48)67-58-29-11-7-25-53(58)54-26-8-12-30-59(54)67)52-39-44-34-33-43-36-38-62(57-37-35-45(40-52)63(44)64(43)57)66(47-19-5-2-6-20-47)49-22-16-24-51(42-49)68-60-31-13-9-27-55(60)56-28-10-14-32-61(56)68/h1-42H. The van der Waals surface area contributed by atoms with Crippen LogP contribution in [-0.4, -0.2) is 9.13 Å². The van der Waals surface area contributed by atoms with Crippen molar-refractivity contribution in [3.05, 3.63) is 255 Å². The first-order chi connectivity index (χ1) is 33.7. The van der Waals surface area contributed by atoms with Crippen molar-refractivity contribution in [3.8, 4) is 11.4 Å². The fraction of sp³-hybridized carbons (Fsp3) is 0. The summed E-state index contributed by atoms with van der Waals surface area (Å²) in [5, 5.41) is 12.4. The van der Waals surface area contributed by atoms with Crippen LogP contribution >= 0.6 is 0 Å². The summed E-state index contributed by atoms with van der Waals surface area (Å²) in [5.41, 5.74) is 13.6. The van der Waals surface area contributed by atoms with Gasteiger partial charge in [0.15, 0.2) is 0 Å². The Balaban J connectivity index is 0.934. The SMILES string of the molecule is c1ccc(N(c2cccc(-n3c4ccccc4c4ccccc43)c2)c2cc3ccc4ccc(N(c5ccccc5)c5cccc(-n6c7ccccc7c7ccccc76)c5)c5ccc(c2)c3c45)cc1. The molecule has 14 aromatic rings. The van der Waals surface area contributed by atoms with Crippen molar-refractivity contribution in [2.75, 3.05) is 9.80 Å². The smallest absolute Gasteiger partial charge is 0.0541 e. The molecule has 0 amide bonds. The van der Waals surface area contributed by atoms with Gasteiger partial charge in [-0.25, -0.2) is 0 Å². The second kappa shape index (κ2) is 15.2. The third-order valence-corrected chi connectivity index (χ3v) is 13.9. The van der Waals surface area contributed by atoms with Gasteiger partial charge >= 0.3 is 0 Å². The molecule has 0 radical (unpaired) electrons. The first kappa shape index (κ1) is 38.2. The van der Waals surface area contributed by atoms with Crippen molar-refractivity contribution in [2.24, 2.45) is 0 Å². The lowest BCUT2D eigenvalue weighted by molar-refractivity contribution is 1.17. The number of rotatable bonds is 8. The van der Waals surface area contributed by atoms with E-state index in [-0.39, 0.29) is 0 Å². The van der Waals surface area contributed by atoms with E-state index in [0.29, 0.717) is 0 Å². The van der Waals surface area contributed by atoms with Crippen molar-refractivity contribution >= 4 is 110 Å². The molecule has 68 heavy (non-hydrogen) atoms. The maximum atomic E-state index is 2.43. The number of nitrogens with zero attached hydrogens (tertiary/aromatic N) is 4. The van der Waals surface area contributed by atoms with Crippen LogP contribution in [0.1, 0.15) is 0 Å². The van der Waals surface area contributed by atoms with E-state index in [0.717, 1.165) is 45.5 Å². The van der Waals surface area contributed by atoms with Crippen LogP contribution < -0.4 is 9.80 Å². The predicted molar refractivity (Wildman–Crippen MR) is 288 cm³/mol. The van der Waals surface area contributed by atoms with Crippen molar-refractivity contribution in [3.63, 3.8) is 0 Å². The average molecular weight is 867 g/mol. The minimum atomic E-state index is 1.09. The van der Waals surface area contributed by atoms with E-state index in [1.807, 2.05) is 0 Å². The van der Waals surface area contributed by atoms with Gasteiger partial charge in [-0.3, -0.25) is 0 Å². The maximum Gasteiger partial charge on any atom is 0.0541 e. The van der Waals surface area contributed by atoms with Gasteiger partial charge in [0.25, 0.3) is 0 Å². The highest BCUT2D eigenvalue weighted by atomic mass is 15.2. The third-order valence-electron chi connectivity index (χ3n) is 13.9. The Kier molecular flexibility index (Phi) is 8.55. The van der Waals surface area contributed by atoms with Gasteiger partial charge in [-0.1, -0.05) is 152 Å². The summed E-state index contributed by atoms with van der Waals surface area (Å²) in [6.07, 6.45) is 0. The molecule has 0 aliphatic carbocycles. The maximum absolute atomic E-state index is 2.43. The van der Waals surface area contributed by atoms with Gasteiger partial charge in [0.2, 0.25) is 0 Å². The van der Waals surface area contributed by atoms with E-state index in [4.69, 9.17) is 0 Å². The second-order valence-corrected chi connectivity index (χ2v) is 17.7. The molecule has 0 unspecified atom stereocenters. The monoisotopic (exact) mass is 866 g/mol. The summed E-state index contributed by atoms with van der Waals surface area (Å²) in [5.74, 6) is 0. The van der Waals surface area contributed by atoms with Crippen molar-refractivity contribution < 1.29 is 0 Å². The summed E-state index contributed by atoms with van der Waals surface area (Å²) >= 11 is 0. The molecular weight excluding hydrogens is 825 g/mol. The molecule has 0 aliphatic rings. The molecule has 4 heteroatoms. The number of fused-ring (bicyclic) bond motifs is 6. The largest absolute Gasteiger partial charge is 0.310 e. The third kappa shape index (κ3) is 5.87. The molecule has 0 saturated heterocycles. The molecule has 0 atom stereocenters. The zero-order valence-corrected chi connectivity index (χ0v) is 37.0. The molecular formula is C64H42N4. The summed E-state index contributed by atoms with van der Waals surface area (Å²) in [7, 11) is 0. The summed E-state index contributed by atoms with van der Waals surface area (Å²) in [6, 6.07) is 93.0. The molecule has 2 aromatic heterocycles. The topological polar surface area (TPSA) is 16.3 Å². The Hall–Kier alpha value is -9.12. The second-order valence-electron chi connectivity index (χ2n) is 17.7. The van der Waals surface area contributed by atoms with E-state index in [2.05, 4.69) is 274 Å². The number of aromatic nitrogens is 2. The van der Waals surface area contributed by atoms with Crippen LogP contribution in [-0.2, 0) is 0 Å². The highest BCUT2D eigenvalue weighted by Crippen LogP contribution is 2.47. The van der Waals surface area contributed by atoms with E-state index in [9.17, 15) is 0 Å². The van der Waals surface area contributed by atoms with Gasteiger partial charge in [-0.2, -0.15) is 0 Å². The molecule has 0 saturated carbocycles. The number of anilines is 6. The van der Waals surface area contributed by atoms with E-state index in [1.54, 1.807) is 0 Å². The lowest BCUT2D eigenvalue weighted by Gasteiger charge is -2.29. The Bertz CT molecular complexity index is 4100. The van der Waals surface area contributed by atoms with Crippen LogP contribution in [0.5, 0.6) is 0 Å². The summed E-state index contributed by atoms with van der Waals surface area (Å²) in [6.45, 7) is 0. The van der Waals surface area contributed by atoms with Crippen LogP contribution in [0.15, 0.2) is 255 Å². The van der Waals surface area contributed by atoms with Gasteiger partial charge in [0.1, 0.15) is 0 Å². The number of para-hydroxylation sites is 6. The molecule has 2 heterocycles. The van der Waals surface area contributed by atoms with Crippen LogP contribution in [0.4, 0.5) is 34.1 Å². The van der Waals surface area contributed by atoms with Gasteiger partial charge in [-0.05, 0) is 130 Å². The van der Waals surface area contributed by atoms with Crippen molar-refractivity contribution in [2.45, 2.75) is 0 Å². The fourth-order valence-electron chi connectivity index (χ4n) is 11.1. The minimum absolute atomic E-state index is 1.09. The van der Waals surface area contributed by atoms with Gasteiger partial charge in [-0.15, -0.1) is 0 Å². The van der Waals surface area contributed by atoms with Crippen LogP contribution in [0.2, 0.25) is 0 Å². The Labute approximate surface area is 393 Å². The van der Waals surface area contributed by atoms with Gasteiger partial charge in [0.05, 0.1) is 27.8 Å². The summed E-state index contributed by atoms with van der Waals surface area (Å²) < 4.78 is 4.80. The molecule has 0 fully saturated rings. The average Bonchev–Trinajstić information content (AvgIpc) is 3.92. The van der Waals surface area contributed by atoms with Gasteiger partial charge < -0.3 is 18.9 Å². The first-order valence-corrected chi connectivity index (χ1v) is 23.3. The molecule has 4 nitrogen and oxygen atoms in total. The Morgan fingerprint density at radius 2 is 0.632 bits per heavy atom. The number of benzene rings is 12. The van der Waals surface area contributed by atoms with Gasteiger partial charge in [0, 0.05) is 66.7 Å². The minimum Gasteiger partial charge on any atom is -0.310 e. The van der Waals surface area contributed by atoms with Crippen molar-refractivity contribution in [1.29, 1.82) is 0 Å². The zero-order chi connectivity index (χ0) is 44.7. The Morgan fingerprint density at radius 1 is 0.235 bits per heavy atom.